The summed E-state index contributed by atoms with van der Waals surface area (Å²) in [4.78, 5) is 1.53. The van der Waals surface area contributed by atoms with Crippen molar-refractivity contribution >= 4 is 11.8 Å². The number of unbranched alkanes of at least 4 members (excludes halogenated alkanes) is 6. The van der Waals surface area contributed by atoms with Gasteiger partial charge in [-0.2, -0.15) is 0 Å². The Labute approximate surface area is 118 Å². The maximum atomic E-state index is 4.59. The normalized spacial score (nSPS) is 15.0. The zero-order valence-electron chi connectivity index (χ0n) is 12.1. The molecule has 0 saturated heterocycles. The second-order valence-electron chi connectivity index (χ2n) is 5.02. The van der Waals surface area contributed by atoms with Crippen molar-refractivity contribution < 1.29 is 0 Å². The van der Waals surface area contributed by atoms with Crippen molar-refractivity contribution in [2.45, 2.75) is 78.1 Å². The maximum Gasteiger partial charge on any atom is 0.0502 e. The molecule has 1 radical (unpaired) electrons. The van der Waals surface area contributed by atoms with Crippen LogP contribution in [0.3, 0.4) is 0 Å². The molecule has 1 rings (SSSR count). The van der Waals surface area contributed by atoms with Gasteiger partial charge in [0.1, 0.15) is 0 Å². The smallest absolute Gasteiger partial charge is 0.0502 e. The predicted molar refractivity (Wildman–Crippen MR) is 83.4 cm³/mol. The fraction of sp³-hybridized carbons (Fsp3) is 0.750. The van der Waals surface area contributed by atoms with Crippen molar-refractivity contribution in [3.05, 3.63) is 22.2 Å². The Balaban J connectivity index is 2.29. The Bertz CT molecular complexity index is 242. The van der Waals surface area contributed by atoms with Crippen LogP contribution in [0.2, 0.25) is 0 Å². The number of hydrogen-bond donors (Lipinski definition) is 0. The monoisotopic (exact) mass is 266 g/mol. The predicted octanol–water partition coefficient (Wildman–Crippen LogP) is 5.96. The lowest BCUT2D eigenvalue weighted by atomic mass is 10.1. The molecule has 0 saturated carbocycles. The van der Waals surface area contributed by atoms with Crippen LogP contribution < -0.4 is 5.32 Å². The molecule has 0 aromatic rings. The third-order valence-corrected chi connectivity index (χ3v) is 4.33. The van der Waals surface area contributed by atoms with E-state index in [1.54, 1.807) is 0 Å². The molecular weight excluding hydrogens is 238 g/mol. The molecule has 0 fully saturated rings. The average Bonchev–Trinajstić information content (AvgIpc) is 2.41. The van der Waals surface area contributed by atoms with Gasteiger partial charge in [0, 0.05) is 11.1 Å². The summed E-state index contributed by atoms with van der Waals surface area (Å²) in [6, 6.07) is 0. The van der Waals surface area contributed by atoms with Crippen LogP contribution in [-0.2, 0) is 0 Å². The van der Waals surface area contributed by atoms with Crippen LogP contribution in [0.4, 0.5) is 0 Å². The second kappa shape index (κ2) is 10.5. The van der Waals surface area contributed by atoms with Gasteiger partial charge in [-0.15, -0.1) is 0 Å². The van der Waals surface area contributed by atoms with Gasteiger partial charge in [-0.3, -0.25) is 5.32 Å². The van der Waals surface area contributed by atoms with Crippen LogP contribution in [0.15, 0.2) is 22.2 Å². The molecular formula is C16H28NS. The standard InChI is InChI=1S/C16H28NS/c1-3-5-7-9-11-15-16(18-14-13-17-15)12-10-8-6-4-2/h13-14H,3-12H2,1-2H3. The van der Waals surface area contributed by atoms with Crippen molar-refractivity contribution in [1.82, 2.24) is 5.32 Å². The van der Waals surface area contributed by atoms with E-state index in [1.807, 2.05) is 18.0 Å². The van der Waals surface area contributed by atoms with E-state index in [-0.39, 0.29) is 0 Å². The van der Waals surface area contributed by atoms with Gasteiger partial charge in [-0.05, 0) is 31.1 Å². The molecule has 0 aromatic carbocycles. The highest BCUT2D eigenvalue weighted by molar-refractivity contribution is 8.05. The first-order valence-electron chi connectivity index (χ1n) is 7.63. The second-order valence-corrected chi connectivity index (χ2v) is 6.02. The summed E-state index contributed by atoms with van der Waals surface area (Å²) in [6.07, 6.45) is 15.1. The summed E-state index contributed by atoms with van der Waals surface area (Å²) in [5.41, 5.74) is 1.37. The van der Waals surface area contributed by atoms with E-state index < -0.39 is 0 Å². The minimum absolute atomic E-state index is 1.18. The Morgan fingerprint density at radius 3 is 2.22 bits per heavy atom. The lowest BCUT2D eigenvalue weighted by molar-refractivity contribution is 0.641. The number of nitrogens with zero attached hydrogens (tertiary/aromatic N) is 1. The molecule has 18 heavy (non-hydrogen) atoms. The Kier molecular flexibility index (Phi) is 9.19. The largest absolute Gasteiger partial charge is 0.260 e. The van der Waals surface area contributed by atoms with E-state index in [0.29, 0.717) is 0 Å². The molecule has 103 valence electrons. The SMILES string of the molecule is CCCCCCC1=C(CCCCCC)SC=C[N]1. The average molecular weight is 266 g/mol. The summed E-state index contributed by atoms with van der Waals surface area (Å²) in [5.74, 6) is 0. The molecule has 1 heterocycles. The topological polar surface area (TPSA) is 14.1 Å². The molecule has 0 aromatic heterocycles. The van der Waals surface area contributed by atoms with E-state index in [0.717, 1.165) is 0 Å². The van der Waals surface area contributed by atoms with Gasteiger partial charge in [-0.1, -0.05) is 64.1 Å². The minimum Gasteiger partial charge on any atom is -0.260 e. The molecule has 0 atom stereocenters. The van der Waals surface area contributed by atoms with Gasteiger partial charge in [0.2, 0.25) is 0 Å². The lowest BCUT2D eigenvalue weighted by Gasteiger charge is -2.15. The number of hydrogen-bond acceptors (Lipinski definition) is 1. The van der Waals surface area contributed by atoms with E-state index in [9.17, 15) is 0 Å². The molecule has 0 N–H and O–H groups in total. The molecule has 0 spiro atoms. The van der Waals surface area contributed by atoms with E-state index in [4.69, 9.17) is 0 Å². The summed E-state index contributed by atoms with van der Waals surface area (Å²) >= 11 is 1.90. The highest BCUT2D eigenvalue weighted by Gasteiger charge is 2.10. The Morgan fingerprint density at radius 2 is 1.56 bits per heavy atom. The first-order valence-corrected chi connectivity index (χ1v) is 8.51. The van der Waals surface area contributed by atoms with Crippen molar-refractivity contribution in [1.29, 1.82) is 0 Å². The van der Waals surface area contributed by atoms with Crippen molar-refractivity contribution in [3.63, 3.8) is 0 Å². The fourth-order valence-electron chi connectivity index (χ4n) is 2.21. The zero-order chi connectivity index (χ0) is 13.1. The number of rotatable bonds is 10. The summed E-state index contributed by atoms with van der Waals surface area (Å²) in [5, 5.41) is 6.72. The molecule has 0 unspecified atom stereocenters. The zero-order valence-corrected chi connectivity index (χ0v) is 12.9. The van der Waals surface area contributed by atoms with Crippen molar-refractivity contribution in [3.8, 4) is 0 Å². The molecule has 1 nitrogen and oxygen atoms in total. The minimum atomic E-state index is 1.18. The van der Waals surface area contributed by atoms with Gasteiger partial charge < -0.3 is 0 Å². The summed E-state index contributed by atoms with van der Waals surface area (Å²) in [7, 11) is 0. The highest BCUT2D eigenvalue weighted by atomic mass is 32.2. The van der Waals surface area contributed by atoms with Crippen LogP contribution in [0, 0.1) is 0 Å². The highest BCUT2D eigenvalue weighted by Crippen LogP contribution is 2.31. The molecule has 1 aliphatic rings. The first kappa shape index (κ1) is 15.7. The maximum absolute atomic E-state index is 4.59. The van der Waals surface area contributed by atoms with Gasteiger partial charge >= 0.3 is 0 Å². The third-order valence-electron chi connectivity index (χ3n) is 3.35. The number of thioether (sulfide) groups is 1. The van der Waals surface area contributed by atoms with Crippen LogP contribution in [0.5, 0.6) is 0 Å². The van der Waals surface area contributed by atoms with E-state index in [2.05, 4.69) is 24.6 Å². The quantitative estimate of drug-likeness (QED) is 0.445. The number of allylic oxidation sites excluding steroid dienone is 2. The van der Waals surface area contributed by atoms with Crippen LogP contribution >= 0.6 is 11.8 Å². The van der Waals surface area contributed by atoms with Gasteiger partial charge in [-0.25, -0.2) is 0 Å². The van der Waals surface area contributed by atoms with Gasteiger partial charge in [0.15, 0.2) is 0 Å². The molecule has 1 aliphatic heterocycles. The van der Waals surface area contributed by atoms with Crippen LogP contribution in [0.1, 0.15) is 78.1 Å². The van der Waals surface area contributed by atoms with E-state index in [1.165, 1.54) is 74.8 Å². The van der Waals surface area contributed by atoms with E-state index >= 15 is 0 Å². The summed E-state index contributed by atoms with van der Waals surface area (Å²) in [6.45, 7) is 4.54. The molecule has 2 heteroatoms. The molecule has 0 aliphatic carbocycles. The molecule has 0 bridgehead atoms. The third kappa shape index (κ3) is 6.53. The van der Waals surface area contributed by atoms with Crippen molar-refractivity contribution in [2.24, 2.45) is 0 Å². The lowest BCUT2D eigenvalue weighted by Crippen LogP contribution is -2.03. The van der Waals surface area contributed by atoms with Crippen LogP contribution in [0.25, 0.3) is 0 Å². The molecule has 0 amide bonds. The van der Waals surface area contributed by atoms with Gasteiger partial charge in [0.25, 0.3) is 0 Å². The summed E-state index contributed by atoms with van der Waals surface area (Å²) < 4.78 is 0. The Morgan fingerprint density at radius 1 is 0.889 bits per heavy atom. The fourth-order valence-corrected chi connectivity index (χ4v) is 3.05. The van der Waals surface area contributed by atoms with Crippen LogP contribution in [-0.4, -0.2) is 0 Å². The Hall–Kier alpha value is -0.370. The van der Waals surface area contributed by atoms with Gasteiger partial charge in [0.05, 0.1) is 5.70 Å². The first-order chi connectivity index (χ1) is 8.88. The van der Waals surface area contributed by atoms with Crippen molar-refractivity contribution in [2.75, 3.05) is 0 Å².